The molecule has 0 atom stereocenters. The van der Waals surface area contributed by atoms with E-state index >= 15 is 0 Å². The number of carbonyl (C=O) groups excluding carboxylic acids is 2. The number of hydrogen-bond donors (Lipinski definition) is 1. The van der Waals surface area contributed by atoms with Gasteiger partial charge in [-0.1, -0.05) is 20.8 Å². The third kappa shape index (κ3) is 5.25. The lowest BCUT2D eigenvalue weighted by atomic mass is 10.2. The summed E-state index contributed by atoms with van der Waals surface area (Å²) in [6.45, 7) is 6.04. The number of sulfonamides is 1. The second-order valence-corrected chi connectivity index (χ2v) is 7.68. The maximum absolute atomic E-state index is 14.1. The molecule has 0 bridgehead atoms. The molecular formula is C17H26FN3O4S. The van der Waals surface area contributed by atoms with Crippen molar-refractivity contribution in [3.63, 3.8) is 0 Å². The molecule has 1 aromatic rings. The number of benzene rings is 1. The fraction of sp³-hybridized carbons (Fsp3) is 0.529. The van der Waals surface area contributed by atoms with Crippen LogP contribution in [-0.2, 0) is 14.8 Å². The van der Waals surface area contributed by atoms with Crippen LogP contribution in [0.3, 0.4) is 0 Å². The van der Waals surface area contributed by atoms with Gasteiger partial charge in [-0.05, 0) is 24.6 Å². The molecule has 0 saturated carbocycles. The lowest BCUT2D eigenvalue weighted by molar-refractivity contribution is -0.121. The van der Waals surface area contributed by atoms with Crippen molar-refractivity contribution in [1.82, 2.24) is 14.5 Å². The van der Waals surface area contributed by atoms with Gasteiger partial charge in [-0.25, -0.2) is 12.8 Å². The van der Waals surface area contributed by atoms with Crippen LogP contribution in [0.4, 0.5) is 4.39 Å². The van der Waals surface area contributed by atoms with Gasteiger partial charge in [-0.2, -0.15) is 4.31 Å². The van der Waals surface area contributed by atoms with E-state index in [1.807, 2.05) is 6.92 Å². The van der Waals surface area contributed by atoms with Gasteiger partial charge in [0.15, 0.2) is 0 Å². The van der Waals surface area contributed by atoms with Gasteiger partial charge < -0.3 is 10.2 Å². The van der Waals surface area contributed by atoms with Crippen LogP contribution in [0.25, 0.3) is 0 Å². The number of nitrogens with one attached hydrogen (secondary N) is 1. The van der Waals surface area contributed by atoms with Gasteiger partial charge in [0.1, 0.15) is 5.82 Å². The van der Waals surface area contributed by atoms with Crippen molar-refractivity contribution in [3.8, 4) is 0 Å². The maximum atomic E-state index is 14.1. The van der Waals surface area contributed by atoms with Gasteiger partial charge in [-0.15, -0.1) is 0 Å². The molecule has 1 aromatic carbocycles. The molecule has 26 heavy (non-hydrogen) atoms. The average Bonchev–Trinajstić information content (AvgIpc) is 2.60. The Bertz CT molecular complexity index is 748. The molecule has 0 saturated heterocycles. The summed E-state index contributed by atoms with van der Waals surface area (Å²) >= 11 is 0. The topological polar surface area (TPSA) is 86.8 Å². The third-order valence-corrected chi connectivity index (χ3v) is 5.86. The highest BCUT2D eigenvalue weighted by Gasteiger charge is 2.25. The van der Waals surface area contributed by atoms with E-state index in [9.17, 15) is 22.4 Å². The zero-order valence-corrected chi connectivity index (χ0v) is 16.4. The predicted octanol–water partition coefficient (Wildman–Crippen LogP) is 1.45. The Labute approximate surface area is 154 Å². The van der Waals surface area contributed by atoms with Crippen LogP contribution in [-0.4, -0.2) is 62.7 Å². The van der Waals surface area contributed by atoms with Gasteiger partial charge in [0.25, 0.3) is 5.91 Å². The van der Waals surface area contributed by atoms with E-state index in [4.69, 9.17) is 0 Å². The fourth-order valence-corrected chi connectivity index (χ4v) is 3.84. The maximum Gasteiger partial charge on any atom is 0.257 e. The summed E-state index contributed by atoms with van der Waals surface area (Å²) < 4.78 is 40.5. The van der Waals surface area contributed by atoms with Gasteiger partial charge in [0.2, 0.25) is 15.9 Å². The Balaban J connectivity index is 3.10. The molecule has 0 aliphatic heterocycles. The summed E-state index contributed by atoms with van der Waals surface area (Å²) in [7, 11) is -2.46. The van der Waals surface area contributed by atoms with Crippen LogP contribution in [0.1, 0.15) is 37.6 Å². The van der Waals surface area contributed by atoms with Crippen molar-refractivity contribution in [3.05, 3.63) is 29.6 Å². The van der Waals surface area contributed by atoms with E-state index < -0.39 is 21.7 Å². The van der Waals surface area contributed by atoms with Crippen molar-refractivity contribution in [2.75, 3.05) is 33.2 Å². The molecule has 9 heteroatoms. The highest BCUT2D eigenvalue weighted by atomic mass is 32.2. The quantitative estimate of drug-likeness (QED) is 0.695. The number of likely N-dealkylation sites (N-methyl/N-ethyl adjacent to an activating group) is 1. The van der Waals surface area contributed by atoms with Crippen molar-refractivity contribution < 1.29 is 22.4 Å². The minimum Gasteiger partial charge on any atom is -0.355 e. The summed E-state index contributed by atoms with van der Waals surface area (Å²) in [5.41, 5.74) is -0.385. The van der Waals surface area contributed by atoms with Crippen LogP contribution in [0, 0.1) is 5.82 Å². The number of carbonyl (C=O) groups is 2. The second kappa shape index (κ2) is 9.63. The molecule has 1 N–H and O–H groups in total. The van der Waals surface area contributed by atoms with Crippen LogP contribution in [0.2, 0.25) is 0 Å². The van der Waals surface area contributed by atoms with Crippen molar-refractivity contribution in [1.29, 1.82) is 0 Å². The summed E-state index contributed by atoms with van der Waals surface area (Å²) in [5.74, 6) is -1.96. The molecule has 0 fully saturated rings. The summed E-state index contributed by atoms with van der Waals surface area (Å²) in [5, 5.41) is 2.62. The summed E-state index contributed by atoms with van der Waals surface area (Å²) in [6.07, 6.45) is 0.753. The molecule has 146 valence electrons. The highest BCUT2D eigenvalue weighted by molar-refractivity contribution is 7.89. The van der Waals surface area contributed by atoms with Crippen molar-refractivity contribution in [2.24, 2.45) is 0 Å². The molecule has 0 aliphatic rings. The predicted molar refractivity (Wildman–Crippen MR) is 96.8 cm³/mol. The van der Waals surface area contributed by atoms with Crippen LogP contribution in [0.5, 0.6) is 0 Å². The number of rotatable bonds is 9. The molecular weight excluding hydrogens is 361 g/mol. The van der Waals surface area contributed by atoms with E-state index in [1.54, 1.807) is 13.8 Å². The lowest BCUT2D eigenvalue weighted by Gasteiger charge is -2.20. The molecule has 0 unspecified atom stereocenters. The van der Waals surface area contributed by atoms with Gasteiger partial charge >= 0.3 is 0 Å². The van der Waals surface area contributed by atoms with E-state index in [1.165, 1.54) is 11.4 Å². The molecule has 0 radical (unpaired) electrons. The first kappa shape index (κ1) is 22.0. The van der Waals surface area contributed by atoms with Gasteiger partial charge in [-0.3, -0.25) is 9.59 Å². The highest BCUT2D eigenvalue weighted by Crippen LogP contribution is 2.20. The third-order valence-electron chi connectivity index (χ3n) is 3.81. The molecule has 0 spiro atoms. The largest absolute Gasteiger partial charge is 0.355 e. The van der Waals surface area contributed by atoms with Crippen LogP contribution >= 0.6 is 0 Å². The van der Waals surface area contributed by atoms with E-state index in [0.29, 0.717) is 6.54 Å². The summed E-state index contributed by atoms with van der Waals surface area (Å²) in [6, 6.07) is 3.11. The van der Waals surface area contributed by atoms with E-state index in [-0.39, 0.29) is 36.0 Å². The first-order chi connectivity index (χ1) is 12.2. The number of amides is 2. The van der Waals surface area contributed by atoms with Crippen molar-refractivity contribution in [2.45, 2.75) is 32.1 Å². The molecule has 0 heterocycles. The molecule has 0 aliphatic carbocycles. The van der Waals surface area contributed by atoms with E-state index in [2.05, 4.69) is 5.32 Å². The molecule has 7 nitrogen and oxygen atoms in total. The van der Waals surface area contributed by atoms with E-state index in [0.717, 1.165) is 29.5 Å². The lowest BCUT2D eigenvalue weighted by Crippen LogP contribution is -2.39. The smallest absolute Gasteiger partial charge is 0.257 e. The minimum absolute atomic E-state index is 0.158. The first-order valence-corrected chi connectivity index (χ1v) is 9.94. The molecule has 1 rings (SSSR count). The SMILES string of the molecule is CCCNC(=O)CN(C)C(=O)c1cc(S(=O)(=O)N(CC)CC)ccc1F. The number of nitrogens with zero attached hydrogens (tertiary/aromatic N) is 2. The molecule has 2 amide bonds. The Morgan fingerprint density at radius 1 is 1.15 bits per heavy atom. The van der Waals surface area contributed by atoms with Crippen LogP contribution in [0.15, 0.2) is 23.1 Å². The van der Waals surface area contributed by atoms with Gasteiger partial charge in [0, 0.05) is 26.7 Å². The summed E-state index contributed by atoms with van der Waals surface area (Å²) in [4.78, 5) is 25.1. The Morgan fingerprint density at radius 3 is 2.31 bits per heavy atom. The Kier molecular flexibility index (Phi) is 8.16. The Morgan fingerprint density at radius 2 is 1.77 bits per heavy atom. The van der Waals surface area contributed by atoms with Crippen molar-refractivity contribution >= 4 is 21.8 Å². The Hall–Kier alpha value is -2.00. The number of hydrogen-bond acceptors (Lipinski definition) is 4. The fourth-order valence-electron chi connectivity index (χ4n) is 2.35. The number of halogens is 1. The van der Waals surface area contributed by atoms with Gasteiger partial charge in [0.05, 0.1) is 17.0 Å². The standard InChI is InChI=1S/C17H26FN3O4S/c1-5-10-19-16(22)12-20(4)17(23)14-11-13(8-9-15(14)18)26(24,25)21(6-2)7-3/h8-9,11H,5-7,10,12H2,1-4H3,(H,19,22). The first-order valence-electron chi connectivity index (χ1n) is 8.50. The molecule has 0 aromatic heterocycles. The average molecular weight is 387 g/mol. The zero-order valence-electron chi connectivity index (χ0n) is 15.6. The zero-order chi connectivity index (χ0) is 19.9. The second-order valence-electron chi connectivity index (χ2n) is 5.74. The monoisotopic (exact) mass is 387 g/mol. The van der Waals surface area contributed by atoms with Crippen LogP contribution < -0.4 is 5.32 Å². The minimum atomic E-state index is -3.82. The normalized spacial score (nSPS) is 11.5.